The van der Waals surface area contributed by atoms with E-state index in [1.165, 1.54) is 12.0 Å². The number of epoxide rings is 1. The van der Waals surface area contributed by atoms with E-state index in [-0.39, 0.29) is 11.5 Å². The summed E-state index contributed by atoms with van der Waals surface area (Å²) in [6, 6.07) is 7.86. The molecule has 3 heteroatoms. The number of hydrogen-bond acceptors (Lipinski definition) is 2. The van der Waals surface area contributed by atoms with Crippen LogP contribution in [0.5, 0.6) is 0 Å². The summed E-state index contributed by atoms with van der Waals surface area (Å²) in [5.41, 5.74) is 1.13. The van der Waals surface area contributed by atoms with Crippen molar-refractivity contribution in [2.45, 2.75) is 49.5 Å². The van der Waals surface area contributed by atoms with Gasteiger partial charge < -0.3 is 4.74 Å². The molecule has 0 amide bonds. The van der Waals surface area contributed by atoms with E-state index in [9.17, 15) is 4.21 Å². The molecule has 1 fully saturated rings. The lowest BCUT2D eigenvalue weighted by Gasteiger charge is -1.99. The van der Waals surface area contributed by atoms with Gasteiger partial charge in [0.2, 0.25) is 0 Å². The Bertz CT molecular complexity index is 372. The molecule has 3 atom stereocenters. The molecule has 1 saturated heterocycles. The van der Waals surface area contributed by atoms with Crippen molar-refractivity contribution in [2.75, 3.05) is 0 Å². The first-order valence-electron chi connectivity index (χ1n) is 5.85. The van der Waals surface area contributed by atoms with E-state index >= 15 is 0 Å². The third-order valence-corrected chi connectivity index (χ3v) is 4.42. The van der Waals surface area contributed by atoms with Crippen molar-refractivity contribution in [3.05, 3.63) is 29.8 Å². The Kier molecular flexibility index (Phi) is 3.77. The molecule has 88 valence electrons. The van der Waals surface area contributed by atoms with E-state index in [1.807, 2.05) is 31.2 Å². The summed E-state index contributed by atoms with van der Waals surface area (Å²) in [6.07, 6.45) is 3.59. The highest BCUT2D eigenvalue weighted by atomic mass is 32.2. The molecule has 0 radical (unpaired) electrons. The predicted molar refractivity (Wildman–Crippen MR) is 65.8 cm³/mol. The zero-order chi connectivity index (χ0) is 11.5. The molecular weight excluding hydrogens is 220 g/mol. The predicted octanol–water partition coefficient (Wildman–Crippen LogP) is 3.02. The minimum absolute atomic E-state index is 0.0609. The van der Waals surface area contributed by atoms with Crippen LogP contribution in [-0.2, 0) is 15.5 Å². The van der Waals surface area contributed by atoms with Gasteiger partial charge in [-0.3, -0.25) is 4.21 Å². The quantitative estimate of drug-likeness (QED) is 0.738. The van der Waals surface area contributed by atoms with Gasteiger partial charge in [-0.1, -0.05) is 37.5 Å². The molecule has 1 aliphatic heterocycles. The number of aryl methyl sites for hydroxylation is 1. The van der Waals surface area contributed by atoms with E-state index in [1.54, 1.807) is 0 Å². The highest BCUT2D eigenvalue weighted by Crippen LogP contribution is 2.33. The summed E-state index contributed by atoms with van der Waals surface area (Å²) in [5.74, 6) is 0. The molecule has 1 heterocycles. The van der Waals surface area contributed by atoms with Crippen molar-refractivity contribution in [1.29, 1.82) is 0 Å². The Hall–Kier alpha value is -0.670. The summed E-state index contributed by atoms with van der Waals surface area (Å²) in [7, 11) is -0.988. The Labute approximate surface area is 99.5 Å². The number of rotatable bonds is 5. The van der Waals surface area contributed by atoms with Crippen LogP contribution >= 0.6 is 0 Å². The number of ether oxygens (including phenoxy) is 1. The van der Waals surface area contributed by atoms with Crippen molar-refractivity contribution in [1.82, 2.24) is 0 Å². The molecule has 1 aromatic carbocycles. The molecule has 0 spiro atoms. The smallest absolute Gasteiger partial charge is 0.163 e. The van der Waals surface area contributed by atoms with Crippen LogP contribution in [0.4, 0.5) is 0 Å². The van der Waals surface area contributed by atoms with Gasteiger partial charge in [0.1, 0.15) is 0 Å². The van der Waals surface area contributed by atoms with Crippen LogP contribution in [0.15, 0.2) is 29.2 Å². The lowest BCUT2D eigenvalue weighted by Crippen LogP contribution is -2.03. The van der Waals surface area contributed by atoms with E-state index < -0.39 is 10.8 Å². The zero-order valence-corrected chi connectivity index (χ0v) is 10.6. The average molecular weight is 238 g/mol. The average Bonchev–Trinajstić information content (AvgIpc) is 3.06. The van der Waals surface area contributed by atoms with E-state index in [0.29, 0.717) is 0 Å². The van der Waals surface area contributed by atoms with Gasteiger partial charge in [-0.05, 0) is 25.5 Å². The topological polar surface area (TPSA) is 29.6 Å². The van der Waals surface area contributed by atoms with Gasteiger partial charge >= 0.3 is 0 Å². The molecule has 1 aromatic rings. The van der Waals surface area contributed by atoms with Gasteiger partial charge in [-0.2, -0.15) is 0 Å². The molecule has 2 nitrogen and oxygen atoms in total. The first-order valence-corrected chi connectivity index (χ1v) is 7.06. The second kappa shape index (κ2) is 5.11. The molecular formula is C13H18O2S. The second-order valence-corrected chi connectivity index (χ2v) is 5.83. The van der Waals surface area contributed by atoms with Crippen molar-refractivity contribution in [3.63, 3.8) is 0 Å². The molecule has 16 heavy (non-hydrogen) atoms. The van der Waals surface area contributed by atoms with Crippen LogP contribution in [0, 0.1) is 6.92 Å². The highest BCUT2D eigenvalue weighted by Gasteiger charge is 2.43. The largest absolute Gasteiger partial charge is 0.355 e. The first-order chi connectivity index (χ1) is 7.72. The van der Waals surface area contributed by atoms with Crippen LogP contribution in [-0.4, -0.2) is 15.7 Å². The van der Waals surface area contributed by atoms with Gasteiger partial charge in [0.05, 0.1) is 16.9 Å². The van der Waals surface area contributed by atoms with Crippen LogP contribution < -0.4 is 0 Å². The lowest BCUT2D eigenvalue weighted by atomic mass is 10.2. The fourth-order valence-electron chi connectivity index (χ4n) is 1.73. The Morgan fingerprint density at radius 2 is 2.00 bits per heavy atom. The fraction of sp³-hybridized carbons (Fsp3) is 0.538. The highest BCUT2D eigenvalue weighted by molar-refractivity contribution is 7.85. The van der Waals surface area contributed by atoms with Crippen molar-refractivity contribution in [3.8, 4) is 0 Å². The third-order valence-electron chi connectivity index (χ3n) is 2.84. The van der Waals surface area contributed by atoms with Crippen molar-refractivity contribution in [2.24, 2.45) is 0 Å². The number of unbranched alkanes of at least 4 members (excludes halogenated alkanes) is 1. The fourth-order valence-corrected chi connectivity index (χ4v) is 3.06. The molecule has 0 aliphatic carbocycles. The molecule has 2 rings (SSSR count). The third kappa shape index (κ3) is 2.71. The van der Waals surface area contributed by atoms with E-state index in [0.717, 1.165) is 17.7 Å². The normalized spacial score (nSPS) is 25.4. The van der Waals surface area contributed by atoms with E-state index in [2.05, 4.69) is 6.92 Å². The molecule has 0 bridgehead atoms. The summed E-state index contributed by atoms with van der Waals surface area (Å²) < 4.78 is 17.5. The SMILES string of the molecule is CCCC[C@H]1O[C@H]1S(=O)c1ccc(C)cc1. The monoisotopic (exact) mass is 238 g/mol. The Morgan fingerprint density at radius 1 is 1.31 bits per heavy atom. The number of hydrogen-bond donors (Lipinski definition) is 0. The maximum absolute atomic E-state index is 12.1. The lowest BCUT2D eigenvalue weighted by molar-refractivity contribution is 0.382. The summed E-state index contributed by atoms with van der Waals surface area (Å²) in [4.78, 5) is 0.884. The summed E-state index contributed by atoms with van der Waals surface area (Å²) in [5, 5.41) is 0. The van der Waals surface area contributed by atoms with Gasteiger partial charge in [0.25, 0.3) is 0 Å². The van der Waals surface area contributed by atoms with Crippen LogP contribution in [0.25, 0.3) is 0 Å². The van der Waals surface area contributed by atoms with Gasteiger partial charge in [-0.25, -0.2) is 0 Å². The van der Waals surface area contributed by atoms with Gasteiger partial charge in [0, 0.05) is 4.90 Å². The molecule has 0 saturated carbocycles. The summed E-state index contributed by atoms with van der Waals surface area (Å²) >= 11 is 0. The minimum atomic E-state index is -0.988. The maximum atomic E-state index is 12.1. The molecule has 1 aliphatic rings. The Balaban J connectivity index is 1.92. The second-order valence-electron chi connectivity index (χ2n) is 4.30. The van der Waals surface area contributed by atoms with Crippen LogP contribution in [0.1, 0.15) is 31.7 Å². The Morgan fingerprint density at radius 3 is 2.62 bits per heavy atom. The van der Waals surface area contributed by atoms with Crippen molar-refractivity contribution < 1.29 is 8.95 Å². The minimum Gasteiger partial charge on any atom is -0.355 e. The first kappa shape index (κ1) is 11.8. The van der Waals surface area contributed by atoms with Crippen molar-refractivity contribution >= 4 is 10.8 Å². The zero-order valence-electron chi connectivity index (χ0n) is 9.81. The molecule has 1 unspecified atom stereocenters. The van der Waals surface area contributed by atoms with Gasteiger partial charge in [0.15, 0.2) is 5.44 Å². The van der Waals surface area contributed by atoms with Gasteiger partial charge in [-0.15, -0.1) is 0 Å². The molecule has 0 aromatic heterocycles. The number of benzene rings is 1. The molecule has 0 N–H and O–H groups in total. The standard InChI is InChI=1S/C13H18O2S/c1-3-4-5-12-13(15-12)16(14)11-8-6-10(2)7-9-11/h6-9,12-13H,3-5H2,1-2H3/t12-,13+,16?/m1/s1. The van der Waals surface area contributed by atoms with Crippen LogP contribution in [0.3, 0.4) is 0 Å². The summed E-state index contributed by atoms with van der Waals surface area (Å²) in [6.45, 7) is 4.19. The maximum Gasteiger partial charge on any atom is 0.163 e. The van der Waals surface area contributed by atoms with E-state index in [4.69, 9.17) is 4.74 Å². The van der Waals surface area contributed by atoms with Crippen LogP contribution in [0.2, 0.25) is 0 Å².